The van der Waals surface area contributed by atoms with Gasteiger partial charge in [-0.05, 0) is 92.3 Å². The number of nitrogens with zero attached hydrogens (tertiary/aromatic N) is 3. The van der Waals surface area contributed by atoms with Crippen LogP contribution in [0.25, 0.3) is 0 Å². The number of aliphatic hydroxyl groups excluding tert-OH is 2. The largest absolute Gasteiger partial charge is 0.459 e. The Balaban J connectivity index is 1.74. The number of nitro benzene ring substituents is 1. The van der Waals surface area contributed by atoms with Gasteiger partial charge in [-0.15, -0.1) is 6.58 Å². The van der Waals surface area contributed by atoms with Crippen LogP contribution in [0.4, 0.5) is 15.3 Å². The van der Waals surface area contributed by atoms with Gasteiger partial charge < -0.3 is 39.3 Å². The average molecular weight is 793 g/mol. The van der Waals surface area contributed by atoms with Gasteiger partial charge in [0.15, 0.2) is 0 Å². The molecule has 1 heterocycles. The predicted molar refractivity (Wildman–Crippen MR) is 212 cm³/mol. The van der Waals surface area contributed by atoms with Crippen LogP contribution in [0.1, 0.15) is 82.3 Å². The second kappa shape index (κ2) is 20.4. The molecule has 15 nitrogen and oxygen atoms in total. The highest BCUT2D eigenvalue weighted by atomic mass is 16.7. The van der Waals surface area contributed by atoms with Gasteiger partial charge in [-0.1, -0.05) is 37.1 Å². The number of allylic oxidation sites excluding steroid dienone is 1. The quantitative estimate of drug-likeness (QED) is 0.0541. The summed E-state index contributed by atoms with van der Waals surface area (Å²) in [7, 11) is 1.34. The van der Waals surface area contributed by atoms with Crippen molar-refractivity contribution in [2.75, 3.05) is 40.0 Å². The van der Waals surface area contributed by atoms with Crippen LogP contribution in [0, 0.1) is 27.9 Å². The summed E-state index contributed by atoms with van der Waals surface area (Å²) in [5.41, 5.74) is 2.87. The Hall–Kier alpha value is -4.99. The predicted octanol–water partition coefficient (Wildman–Crippen LogP) is 7.02. The zero-order valence-electron chi connectivity index (χ0n) is 33.1. The molecule has 1 fully saturated rings. The first-order valence-electron chi connectivity index (χ1n) is 19.9. The molecule has 310 valence electrons. The summed E-state index contributed by atoms with van der Waals surface area (Å²) < 4.78 is 25.1. The summed E-state index contributed by atoms with van der Waals surface area (Å²) in [6.07, 6.45) is 7.73. The minimum atomic E-state index is -1.47. The second-order valence-electron chi connectivity index (χ2n) is 14.6. The van der Waals surface area contributed by atoms with E-state index in [0.717, 1.165) is 36.8 Å². The number of benzene rings is 2. The van der Waals surface area contributed by atoms with E-state index >= 15 is 0 Å². The molecule has 1 aliphatic heterocycles. The third kappa shape index (κ3) is 9.77. The lowest BCUT2D eigenvalue weighted by Gasteiger charge is -2.59. The summed E-state index contributed by atoms with van der Waals surface area (Å²) in [4.78, 5) is 44.8. The van der Waals surface area contributed by atoms with Gasteiger partial charge in [0.25, 0.3) is 5.69 Å². The molecule has 0 spiro atoms. The summed E-state index contributed by atoms with van der Waals surface area (Å²) in [5, 5.41) is 38.3. The molecule has 57 heavy (non-hydrogen) atoms. The smallest absolute Gasteiger partial charge is 0.412 e. The molecular formula is C42H56N4O11. The third-order valence-corrected chi connectivity index (χ3v) is 11.0. The Labute approximate surface area is 333 Å². The fourth-order valence-electron chi connectivity index (χ4n) is 8.63. The zero-order valence-corrected chi connectivity index (χ0v) is 33.1. The van der Waals surface area contributed by atoms with Gasteiger partial charge in [-0.25, -0.2) is 9.59 Å². The molecule has 6 atom stereocenters. The van der Waals surface area contributed by atoms with E-state index < -0.39 is 34.9 Å². The number of aliphatic hydroxyl groups is 2. The lowest BCUT2D eigenvalue weighted by atomic mass is 9.55. The van der Waals surface area contributed by atoms with Gasteiger partial charge in [0.1, 0.15) is 24.1 Å². The number of nitro groups is 1. The summed E-state index contributed by atoms with van der Waals surface area (Å²) in [5.74, 6) is -1.54. The number of fused-ring (bicyclic) bond motifs is 2. The van der Waals surface area contributed by atoms with Crippen molar-refractivity contribution in [1.29, 1.82) is 0 Å². The second-order valence-corrected chi connectivity index (χ2v) is 14.6. The molecule has 3 aliphatic rings. The van der Waals surface area contributed by atoms with Crippen LogP contribution in [0.15, 0.2) is 71.9 Å². The fourth-order valence-corrected chi connectivity index (χ4v) is 8.63. The van der Waals surface area contributed by atoms with Crippen molar-refractivity contribution in [3.05, 3.63) is 88.0 Å². The van der Waals surface area contributed by atoms with E-state index in [0.29, 0.717) is 55.1 Å². The van der Waals surface area contributed by atoms with Crippen LogP contribution in [-0.2, 0) is 20.9 Å². The van der Waals surface area contributed by atoms with Crippen LogP contribution in [0.3, 0.4) is 0 Å². The first kappa shape index (κ1) is 43.1. The maximum atomic E-state index is 13.7. The molecular weight excluding hydrogens is 736 g/mol. The minimum absolute atomic E-state index is 0.00807. The van der Waals surface area contributed by atoms with Crippen molar-refractivity contribution in [1.82, 2.24) is 10.2 Å². The number of unbranched alkanes of at least 4 members (excludes halogenated alkanes) is 2. The van der Waals surface area contributed by atoms with Gasteiger partial charge in [-0.3, -0.25) is 15.0 Å². The van der Waals surface area contributed by atoms with Crippen molar-refractivity contribution in [2.45, 2.75) is 89.6 Å². The number of oxime groups is 1. The van der Waals surface area contributed by atoms with Crippen LogP contribution in [0.5, 0.6) is 11.5 Å². The van der Waals surface area contributed by atoms with E-state index in [1.54, 1.807) is 42.2 Å². The van der Waals surface area contributed by atoms with Gasteiger partial charge in [0.2, 0.25) is 5.79 Å². The zero-order chi connectivity index (χ0) is 41.0. The number of nitrogens with one attached hydrogen (secondary N) is 1. The molecule has 2 aromatic rings. The Morgan fingerprint density at radius 3 is 2.49 bits per heavy atom. The first-order valence-corrected chi connectivity index (χ1v) is 19.9. The molecule has 2 aliphatic carbocycles. The van der Waals surface area contributed by atoms with Gasteiger partial charge >= 0.3 is 12.2 Å². The maximum absolute atomic E-state index is 13.7. The van der Waals surface area contributed by atoms with Gasteiger partial charge in [-0.2, -0.15) is 0 Å². The number of hydrogen-bond donors (Lipinski definition) is 3. The normalized spacial score (nSPS) is 23.9. The molecule has 15 heteroatoms. The van der Waals surface area contributed by atoms with E-state index in [9.17, 15) is 29.9 Å². The highest BCUT2D eigenvalue weighted by Crippen LogP contribution is 2.62. The maximum Gasteiger partial charge on any atom is 0.412 e. The Morgan fingerprint density at radius 1 is 1.11 bits per heavy atom. The van der Waals surface area contributed by atoms with Gasteiger partial charge in [0.05, 0.1) is 30.3 Å². The minimum Gasteiger partial charge on any atom is -0.459 e. The standard InChI is InChI=1S/C42H56N4O11/c1-5-20-45(41(50)53-4)37-26-35(44-55-27-28-14-16-30(17-15-28)46(51)52)33-24-29(12-8-10-21-47)32(13-9-11-22-48)38-34-25-31(56-40(49)43-7-3)18-19-36(34)57-42(37,39(33)38)54-23-6-2/h6,14-19,24-25,29,32,37-39,47-48H,2,5,7-13,20-23,26-27H2,1,3-4H3,(H,43,49)/t29-,32+,37-,38+,39+,42+/m0/s1. The number of amides is 2. The number of non-ortho nitro benzene ring substituents is 1. The lowest BCUT2D eigenvalue weighted by Crippen LogP contribution is -2.70. The average Bonchev–Trinajstić information content (AvgIpc) is 3.21. The van der Waals surface area contributed by atoms with Crippen molar-refractivity contribution in [2.24, 2.45) is 22.9 Å². The summed E-state index contributed by atoms with van der Waals surface area (Å²) in [6.45, 7) is 8.67. The number of rotatable bonds is 20. The van der Waals surface area contributed by atoms with E-state index in [-0.39, 0.29) is 56.3 Å². The molecule has 0 unspecified atom stereocenters. The molecule has 2 aromatic carbocycles. The highest BCUT2D eigenvalue weighted by molar-refractivity contribution is 6.03. The van der Waals surface area contributed by atoms with Crippen molar-refractivity contribution >= 4 is 23.6 Å². The first-order chi connectivity index (χ1) is 27.7. The van der Waals surface area contributed by atoms with E-state index in [1.165, 1.54) is 19.2 Å². The SMILES string of the molecule is C=CCO[C@@]12Oc3ccc(OC(=O)NCC)cc3[C@H]3[C@H](CCCCO)[C@@H](CCCCO)C=C(C(=NOCc4ccc([N+](=O)[O-])cc4)C[C@@H]1N(CCC)C(=O)OC)[C@H]32. The number of ether oxygens (including phenoxy) is 4. The van der Waals surface area contributed by atoms with Crippen LogP contribution >= 0.6 is 0 Å². The van der Waals surface area contributed by atoms with Crippen molar-refractivity contribution in [3.8, 4) is 11.5 Å². The van der Waals surface area contributed by atoms with Crippen LogP contribution in [0.2, 0.25) is 0 Å². The molecule has 5 rings (SSSR count). The van der Waals surface area contributed by atoms with Crippen molar-refractivity contribution in [3.63, 3.8) is 0 Å². The molecule has 3 N–H and O–H groups in total. The molecule has 0 saturated heterocycles. The van der Waals surface area contributed by atoms with Crippen LogP contribution in [-0.4, -0.2) is 89.8 Å². The Kier molecular flexibility index (Phi) is 15.5. The Morgan fingerprint density at radius 2 is 1.84 bits per heavy atom. The van der Waals surface area contributed by atoms with Crippen molar-refractivity contribution < 1.29 is 48.5 Å². The Bertz CT molecular complexity index is 1770. The number of carbonyl (C=O) groups excluding carboxylic acids is 2. The highest BCUT2D eigenvalue weighted by Gasteiger charge is 2.65. The van der Waals surface area contributed by atoms with E-state index in [2.05, 4.69) is 18.0 Å². The summed E-state index contributed by atoms with van der Waals surface area (Å²) >= 11 is 0. The molecule has 0 aromatic heterocycles. The lowest BCUT2D eigenvalue weighted by molar-refractivity contribution is -0.384. The van der Waals surface area contributed by atoms with E-state index in [4.69, 9.17) is 28.9 Å². The van der Waals surface area contributed by atoms with Crippen LogP contribution < -0.4 is 14.8 Å². The number of methoxy groups -OCH3 is 1. The fraction of sp³-hybridized carbons (Fsp3) is 0.548. The molecule has 1 saturated carbocycles. The number of hydrogen-bond acceptors (Lipinski definition) is 12. The molecule has 0 bridgehead atoms. The monoisotopic (exact) mass is 792 g/mol. The summed E-state index contributed by atoms with van der Waals surface area (Å²) in [6, 6.07) is 10.6. The molecule has 0 radical (unpaired) electrons. The van der Waals surface area contributed by atoms with E-state index in [1.807, 2.05) is 13.0 Å². The molecule has 2 amide bonds. The third-order valence-electron chi connectivity index (χ3n) is 11.0. The van der Waals surface area contributed by atoms with Gasteiger partial charge in [0, 0.05) is 56.3 Å². The number of carbonyl (C=O) groups is 2. The topological polar surface area (TPSA) is 192 Å².